The molecule has 78 valence electrons. The molecule has 1 aliphatic rings. The van der Waals surface area contributed by atoms with Crippen LogP contribution in [0.3, 0.4) is 0 Å². The summed E-state index contributed by atoms with van der Waals surface area (Å²) in [6, 6.07) is 6.62. The second-order valence-corrected chi connectivity index (χ2v) is 4.38. The van der Waals surface area contributed by atoms with Gasteiger partial charge in [0.25, 0.3) is 0 Å². The predicted octanol–water partition coefficient (Wildman–Crippen LogP) is 2.13. The van der Waals surface area contributed by atoms with Crippen LogP contribution in [0.4, 0.5) is 0 Å². The van der Waals surface area contributed by atoms with Crippen molar-refractivity contribution < 1.29 is 0 Å². The fourth-order valence-electron chi connectivity index (χ4n) is 2.76. The van der Waals surface area contributed by atoms with Gasteiger partial charge in [-0.1, -0.05) is 18.2 Å². The average Bonchev–Trinajstić information content (AvgIpc) is 2.55. The van der Waals surface area contributed by atoms with Crippen LogP contribution in [-0.4, -0.2) is 11.1 Å². The molecule has 0 unspecified atom stereocenters. The van der Waals surface area contributed by atoms with E-state index >= 15 is 0 Å². The first-order valence-corrected chi connectivity index (χ1v) is 5.55. The summed E-state index contributed by atoms with van der Waals surface area (Å²) in [5, 5.41) is 4.89. The van der Waals surface area contributed by atoms with Gasteiger partial charge in [-0.25, -0.2) is 0 Å². The summed E-state index contributed by atoms with van der Waals surface area (Å²) in [5.41, 5.74) is 5.80. The molecule has 0 radical (unpaired) electrons. The Balaban J connectivity index is 2.44. The number of aryl methyl sites for hydroxylation is 2. The van der Waals surface area contributed by atoms with Gasteiger partial charge in [0.2, 0.25) is 0 Å². The van der Waals surface area contributed by atoms with Gasteiger partial charge in [0.1, 0.15) is 0 Å². The number of hydrogen-bond donors (Lipinski definition) is 1. The zero-order valence-corrected chi connectivity index (χ0v) is 9.30. The zero-order chi connectivity index (χ0) is 10.4. The lowest BCUT2D eigenvalue weighted by atomic mass is 10.0. The molecule has 2 heteroatoms. The quantitative estimate of drug-likeness (QED) is 0.689. The Hall–Kier alpha value is -1.28. The van der Waals surface area contributed by atoms with Crippen LogP contribution in [0.15, 0.2) is 18.2 Å². The molecule has 0 atom stereocenters. The minimum atomic E-state index is 1.01. The molecule has 1 aliphatic heterocycles. The van der Waals surface area contributed by atoms with Gasteiger partial charge < -0.3 is 9.88 Å². The Morgan fingerprint density at radius 1 is 1.33 bits per heavy atom. The van der Waals surface area contributed by atoms with Gasteiger partial charge in [-0.05, 0) is 31.0 Å². The maximum Gasteiger partial charge on any atom is 0.0512 e. The summed E-state index contributed by atoms with van der Waals surface area (Å²) in [5.74, 6) is 0. The molecule has 1 aromatic carbocycles. The maximum absolute atomic E-state index is 3.44. The van der Waals surface area contributed by atoms with Gasteiger partial charge in [-0.3, -0.25) is 0 Å². The first-order chi connectivity index (χ1) is 7.29. The van der Waals surface area contributed by atoms with E-state index < -0.39 is 0 Å². The van der Waals surface area contributed by atoms with Crippen LogP contribution in [0.2, 0.25) is 0 Å². The van der Waals surface area contributed by atoms with Crippen LogP contribution in [0.25, 0.3) is 10.9 Å². The van der Waals surface area contributed by atoms with Crippen LogP contribution in [0, 0.1) is 6.92 Å². The zero-order valence-electron chi connectivity index (χ0n) is 9.30. The second-order valence-electron chi connectivity index (χ2n) is 4.38. The highest BCUT2D eigenvalue weighted by Crippen LogP contribution is 2.29. The predicted molar refractivity (Wildman–Crippen MR) is 63.1 cm³/mol. The topological polar surface area (TPSA) is 17.0 Å². The van der Waals surface area contributed by atoms with Crippen molar-refractivity contribution in [3.8, 4) is 0 Å². The Morgan fingerprint density at radius 2 is 2.20 bits per heavy atom. The van der Waals surface area contributed by atoms with Gasteiger partial charge >= 0.3 is 0 Å². The number of aromatic nitrogens is 1. The van der Waals surface area contributed by atoms with E-state index in [4.69, 9.17) is 0 Å². The van der Waals surface area contributed by atoms with Crippen molar-refractivity contribution in [2.24, 2.45) is 7.05 Å². The molecule has 0 amide bonds. The summed E-state index contributed by atoms with van der Waals surface area (Å²) in [4.78, 5) is 0. The van der Waals surface area contributed by atoms with E-state index in [1.807, 2.05) is 0 Å². The number of nitrogens with zero attached hydrogens (tertiary/aromatic N) is 1. The number of hydrogen-bond acceptors (Lipinski definition) is 1. The molecular weight excluding hydrogens is 184 g/mol. The normalized spacial score (nSPS) is 15.6. The van der Waals surface area contributed by atoms with Crippen molar-refractivity contribution in [1.29, 1.82) is 0 Å². The smallest absolute Gasteiger partial charge is 0.0512 e. The molecule has 2 heterocycles. The molecular formula is C13H16N2. The van der Waals surface area contributed by atoms with Crippen LogP contribution < -0.4 is 5.32 Å². The van der Waals surface area contributed by atoms with E-state index in [2.05, 4.69) is 42.1 Å². The van der Waals surface area contributed by atoms with E-state index in [0.29, 0.717) is 0 Å². The van der Waals surface area contributed by atoms with Gasteiger partial charge in [0, 0.05) is 24.7 Å². The lowest BCUT2D eigenvalue weighted by molar-refractivity contribution is 0.614. The molecule has 15 heavy (non-hydrogen) atoms. The Labute approximate surface area is 89.9 Å². The third-order valence-electron chi connectivity index (χ3n) is 3.50. The van der Waals surface area contributed by atoms with Gasteiger partial charge in [-0.2, -0.15) is 0 Å². The largest absolute Gasteiger partial charge is 0.346 e. The van der Waals surface area contributed by atoms with Crippen LogP contribution in [-0.2, 0) is 20.0 Å². The molecule has 2 nitrogen and oxygen atoms in total. The Kier molecular flexibility index (Phi) is 1.86. The highest BCUT2D eigenvalue weighted by atomic mass is 15.0. The first-order valence-electron chi connectivity index (χ1n) is 5.55. The van der Waals surface area contributed by atoms with Crippen molar-refractivity contribution in [3.05, 3.63) is 35.0 Å². The van der Waals surface area contributed by atoms with E-state index in [1.54, 1.807) is 5.56 Å². The summed E-state index contributed by atoms with van der Waals surface area (Å²) < 4.78 is 2.35. The third kappa shape index (κ3) is 1.15. The standard InChI is InChI=1S/C13H16N2/c1-9-4-3-5-11-10-6-7-14-8-12(10)15(2)13(9)11/h3-5,14H,6-8H2,1-2H3. The van der Waals surface area contributed by atoms with Crippen LogP contribution in [0.1, 0.15) is 16.8 Å². The monoisotopic (exact) mass is 200 g/mol. The van der Waals surface area contributed by atoms with Crippen molar-refractivity contribution >= 4 is 10.9 Å². The summed E-state index contributed by atoms with van der Waals surface area (Å²) in [6.07, 6.45) is 1.16. The number of para-hydroxylation sites is 1. The number of benzene rings is 1. The summed E-state index contributed by atoms with van der Waals surface area (Å²) in [7, 11) is 2.18. The molecule has 0 aliphatic carbocycles. The van der Waals surface area contributed by atoms with Gasteiger partial charge in [0.05, 0.1) is 5.52 Å². The maximum atomic E-state index is 3.44. The van der Waals surface area contributed by atoms with E-state index in [-0.39, 0.29) is 0 Å². The number of rotatable bonds is 0. The van der Waals surface area contributed by atoms with E-state index in [9.17, 15) is 0 Å². The highest BCUT2D eigenvalue weighted by molar-refractivity contribution is 5.88. The van der Waals surface area contributed by atoms with Crippen molar-refractivity contribution in [3.63, 3.8) is 0 Å². The van der Waals surface area contributed by atoms with Crippen molar-refractivity contribution in [2.75, 3.05) is 6.54 Å². The fraction of sp³-hybridized carbons (Fsp3) is 0.385. The van der Waals surface area contributed by atoms with Crippen molar-refractivity contribution in [1.82, 2.24) is 9.88 Å². The summed E-state index contributed by atoms with van der Waals surface area (Å²) >= 11 is 0. The number of fused-ring (bicyclic) bond motifs is 3. The Bertz CT molecular complexity index is 523. The first kappa shape index (κ1) is 8.98. The SMILES string of the molecule is Cc1cccc2c3c(n(C)c12)CNCC3. The molecule has 2 aromatic rings. The van der Waals surface area contributed by atoms with Gasteiger partial charge in [0.15, 0.2) is 0 Å². The molecule has 1 aromatic heterocycles. The molecule has 0 spiro atoms. The number of nitrogens with one attached hydrogen (secondary N) is 1. The third-order valence-corrected chi connectivity index (χ3v) is 3.50. The minimum absolute atomic E-state index is 1.01. The van der Waals surface area contributed by atoms with Crippen LogP contribution in [0.5, 0.6) is 0 Å². The highest BCUT2D eigenvalue weighted by Gasteiger charge is 2.18. The van der Waals surface area contributed by atoms with Gasteiger partial charge in [-0.15, -0.1) is 0 Å². The molecule has 3 rings (SSSR count). The van der Waals surface area contributed by atoms with E-state index in [1.165, 1.54) is 22.2 Å². The molecule has 0 saturated carbocycles. The molecule has 0 fully saturated rings. The average molecular weight is 200 g/mol. The molecule has 1 N–H and O–H groups in total. The minimum Gasteiger partial charge on any atom is -0.346 e. The van der Waals surface area contributed by atoms with Crippen molar-refractivity contribution in [2.45, 2.75) is 19.9 Å². The fourth-order valence-corrected chi connectivity index (χ4v) is 2.76. The molecule has 0 bridgehead atoms. The van der Waals surface area contributed by atoms with E-state index in [0.717, 1.165) is 19.5 Å². The Morgan fingerprint density at radius 3 is 3.07 bits per heavy atom. The summed E-state index contributed by atoms with van der Waals surface area (Å²) in [6.45, 7) is 4.32. The lowest BCUT2D eigenvalue weighted by Crippen LogP contribution is -2.24. The molecule has 0 saturated heterocycles. The lowest BCUT2D eigenvalue weighted by Gasteiger charge is -2.14. The van der Waals surface area contributed by atoms with Crippen LogP contribution >= 0.6 is 0 Å². The second kappa shape index (κ2) is 3.11.